The first-order chi connectivity index (χ1) is 38.9. The van der Waals surface area contributed by atoms with Gasteiger partial charge in [-0.3, -0.25) is 0 Å². The number of hydrogen-bond acceptors (Lipinski definition) is 2. The molecule has 0 aliphatic heterocycles. The SMILES string of the molecule is [2H]c1c([2H])c(N(c2ccccc2)c2ccc3c4c([2H])c5c(c([2H])c4n4c6ccc(C(C)(C)C)cc6c2c34)c2ccc(N(c3ccccc3)c3c([2H])c([2H])c(C(C)C)c([2H])c3[2H])c3c4cc(C(C)(C)C)ccc4n5c23)c([2H])c([2H])c1C(C)C. The van der Waals surface area contributed by atoms with Gasteiger partial charge < -0.3 is 18.6 Å². The maximum Gasteiger partial charge on any atom is 0.0653 e. The van der Waals surface area contributed by atoms with E-state index in [1.54, 1.807) is 0 Å². The largest absolute Gasteiger partial charge is 0.310 e. The molecule has 354 valence electrons. The quantitative estimate of drug-likeness (QED) is 0.151. The molecule has 0 spiro atoms. The molecule has 0 amide bonds. The summed E-state index contributed by atoms with van der Waals surface area (Å²) < 4.78 is 101. The van der Waals surface area contributed by atoms with Crippen LogP contribution in [0.2, 0.25) is 0 Å². The van der Waals surface area contributed by atoms with Crippen molar-refractivity contribution in [3.05, 3.63) is 204 Å². The van der Waals surface area contributed by atoms with Crippen molar-refractivity contribution in [3.8, 4) is 0 Å². The molecule has 0 unspecified atom stereocenters. The zero-order chi connectivity index (χ0) is 58.2. The second-order valence-corrected chi connectivity index (χ2v) is 22.2. The van der Waals surface area contributed by atoms with Gasteiger partial charge in [0.2, 0.25) is 0 Å². The molecule has 72 heavy (non-hydrogen) atoms. The van der Waals surface area contributed by atoms with Crippen molar-refractivity contribution in [2.45, 2.75) is 91.9 Å². The first-order valence-corrected chi connectivity index (χ1v) is 25.2. The van der Waals surface area contributed by atoms with Crippen LogP contribution < -0.4 is 9.80 Å². The Kier molecular flexibility index (Phi) is 7.59. The summed E-state index contributed by atoms with van der Waals surface area (Å²) in [5, 5.41) is 5.98. The molecule has 0 aliphatic carbocycles. The van der Waals surface area contributed by atoms with E-state index in [-0.39, 0.29) is 94.5 Å². The lowest BCUT2D eigenvalue weighted by Gasteiger charge is -2.27. The summed E-state index contributed by atoms with van der Waals surface area (Å²) in [6, 6.07) is 39.3. The van der Waals surface area contributed by atoms with E-state index in [0.29, 0.717) is 55.7 Å². The molecule has 0 fully saturated rings. The minimum atomic E-state index is -0.264. The Morgan fingerprint density at radius 2 is 0.764 bits per heavy atom. The summed E-state index contributed by atoms with van der Waals surface area (Å²) >= 11 is 0. The molecule has 4 heterocycles. The molecule has 0 bridgehead atoms. The van der Waals surface area contributed by atoms with E-state index in [9.17, 15) is 13.7 Å². The first-order valence-electron chi connectivity index (χ1n) is 30.2. The van der Waals surface area contributed by atoms with Crippen LogP contribution in [-0.2, 0) is 10.8 Å². The van der Waals surface area contributed by atoms with Crippen LogP contribution in [0.15, 0.2) is 182 Å². The minimum absolute atomic E-state index is 0.0887. The number of rotatable bonds is 8. The molecule has 9 aromatic carbocycles. The molecule has 0 aliphatic rings. The van der Waals surface area contributed by atoms with Crippen molar-refractivity contribution < 1.29 is 13.7 Å². The van der Waals surface area contributed by atoms with Gasteiger partial charge in [0.25, 0.3) is 0 Å². The van der Waals surface area contributed by atoms with E-state index in [1.165, 1.54) is 0 Å². The fourth-order valence-corrected chi connectivity index (χ4v) is 11.0. The van der Waals surface area contributed by atoms with Gasteiger partial charge in [-0.05, 0) is 142 Å². The van der Waals surface area contributed by atoms with Gasteiger partial charge in [0.1, 0.15) is 0 Å². The summed E-state index contributed by atoms with van der Waals surface area (Å²) in [4.78, 5) is 3.71. The highest BCUT2D eigenvalue weighted by molar-refractivity contribution is 6.32. The van der Waals surface area contributed by atoms with Crippen LogP contribution >= 0.6 is 0 Å². The van der Waals surface area contributed by atoms with E-state index in [4.69, 9.17) is 0 Å². The van der Waals surface area contributed by atoms with Crippen LogP contribution in [0.25, 0.3) is 76.2 Å². The molecule has 13 aromatic rings. The molecule has 0 atom stereocenters. The number of aromatic nitrogens is 2. The normalized spacial score (nSPS) is 14.8. The Hall–Kier alpha value is -7.82. The lowest BCUT2D eigenvalue weighted by molar-refractivity contribution is 0.591. The summed E-state index contributed by atoms with van der Waals surface area (Å²) in [6.07, 6.45) is 0. The highest BCUT2D eigenvalue weighted by Crippen LogP contribution is 2.52. The van der Waals surface area contributed by atoms with Gasteiger partial charge in [0.15, 0.2) is 0 Å². The lowest BCUT2D eigenvalue weighted by Crippen LogP contribution is -2.11. The summed E-state index contributed by atoms with van der Waals surface area (Å²) in [6.45, 7) is 20.5. The van der Waals surface area contributed by atoms with Crippen LogP contribution in [0.3, 0.4) is 0 Å². The lowest BCUT2D eigenvalue weighted by atomic mass is 9.86. The van der Waals surface area contributed by atoms with E-state index >= 15 is 0 Å². The average molecular weight is 945 g/mol. The molecular weight excluding hydrogens is 873 g/mol. The molecule has 0 N–H and O–H groups in total. The number of para-hydroxylation sites is 2. The summed E-state index contributed by atoms with van der Waals surface area (Å²) in [7, 11) is 0. The van der Waals surface area contributed by atoms with Crippen LogP contribution in [0.1, 0.15) is 117 Å². The molecule has 4 heteroatoms. The number of fused-ring (bicyclic) bond motifs is 12. The monoisotopic (exact) mass is 945 g/mol. The van der Waals surface area contributed by atoms with E-state index in [1.807, 2.05) is 122 Å². The third kappa shape index (κ3) is 6.57. The second kappa shape index (κ2) is 15.8. The molecule has 4 aromatic heterocycles. The van der Waals surface area contributed by atoms with Gasteiger partial charge in [-0.2, -0.15) is 0 Å². The first kappa shape index (κ1) is 34.5. The maximum absolute atomic E-state index is 10.7. The average Bonchev–Trinajstić information content (AvgIpc) is 4.38. The third-order valence-electron chi connectivity index (χ3n) is 14.8. The second-order valence-electron chi connectivity index (χ2n) is 22.2. The van der Waals surface area contributed by atoms with Gasteiger partial charge in [0.05, 0.1) is 58.2 Å². The van der Waals surface area contributed by atoms with Crippen LogP contribution in [0.5, 0.6) is 0 Å². The Bertz CT molecular complexity index is 4470. The number of anilines is 6. The third-order valence-corrected chi connectivity index (χ3v) is 14.8. The van der Waals surface area contributed by atoms with Gasteiger partial charge >= 0.3 is 0 Å². The van der Waals surface area contributed by atoms with E-state index in [0.717, 1.165) is 65.5 Å². The van der Waals surface area contributed by atoms with Crippen molar-refractivity contribution in [3.63, 3.8) is 0 Å². The number of hydrogen-bond donors (Lipinski definition) is 0. The molecule has 4 nitrogen and oxygen atoms in total. The van der Waals surface area contributed by atoms with Crippen molar-refractivity contribution >= 4 is 110 Å². The number of nitrogens with zero attached hydrogens (tertiary/aromatic N) is 4. The molecular formula is C68H62N4. The van der Waals surface area contributed by atoms with Crippen molar-refractivity contribution in [2.75, 3.05) is 9.80 Å². The Balaban J connectivity index is 1.20. The number of benzene rings is 9. The van der Waals surface area contributed by atoms with Crippen LogP contribution in [0, 0.1) is 0 Å². The Labute approximate surface area is 437 Å². The zero-order valence-corrected chi connectivity index (χ0v) is 42.5. The van der Waals surface area contributed by atoms with Gasteiger partial charge in [-0.15, -0.1) is 0 Å². The molecule has 0 radical (unpaired) electrons. The van der Waals surface area contributed by atoms with E-state index in [2.05, 4.69) is 86.7 Å². The highest BCUT2D eigenvalue weighted by atomic mass is 15.2. The molecule has 0 saturated carbocycles. The van der Waals surface area contributed by atoms with Gasteiger partial charge in [-0.25, -0.2) is 0 Å². The van der Waals surface area contributed by atoms with Crippen LogP contribution in [-0.4, -0.2) is 8.80 Å². The van der Waals surface area contributed by atoms with Crippen molar-refractivity contribution in [1.29, 1.82) is 0 Å². The predicted octanol–water partition coefficient (Wildman–Crippen LogP) is 19.8. The van der Waals surface area contributed by atoms with Gasteiger partial charge in [-0.1, -0.05) is 154 Å². The highest BCUT2D eigenvalue weighted by Gasteiger charge is 2.29. The Morgan fingerprint density at radius 1 is 0.389 bits per heavy atom. The smallest absolute Gasteiger partial charge is 0.0653 e. The Morgan fingerprint density at radius 3 is 1.11 bits per heavy atom. The van der Waals surface area contributed by atoms with Crippen LogP contribution in [0.4, 0.5) is 34.1 Å². The maximum atomic E-state index is 10.7. The predicted molar refractivity (Wildman–Crippen MR) is 311 cm³/mol. The molecule has 13 rings (SSSR count). The van der Waals surface area contributed by atoms with E-state index < -0.39 is 0 Å². The molecule has 0 saturated heterocycles. The summed E-state index contributed by atoms with van der Waals surface area (Å²) in [5.41, 5.74) is 9.38. The zero-order valence-electron chi connectivity index (χ0n) is 52.5. The minimum Gasteiger partial charge on any atom is -0.310 e. The fraction of sp³-hybridized carbons (Fsp3) is 0.206. The van der Waals surface area contributed by atoms with Crippen molar-refractivity contribution in [2.24, 2.45) is 0 Å². The van der Waals surface area contributed by atoms with Gasteiger partial charge in [0, 0.05) is 65.8 Å². The summed E-state index contributed by atoms with van der Waals surface area (Å²) in [5.74, 6) is -0.508. The van der Waals surface area contributed by atoms with Crippen molar-refractivity contribution in [1.82, 2.24) is 8.80 Å². The standard InChI is InChI=1S/C68H62N4/c1-41(2)43-21-27-49(28-22-43)69(47-17-13-11-14-18-47)59-35-31-51-53-39-62-54(40-61(53)71-57-33-25-45(67(5,6)7)37-55(57)63(59)65(51)71)52-32-36-60(64-56-38-46(68(8,9)10)26-34-58(56)72(62)66(52)64)70(48-19-15-12-16-20-48)50-29-23-44(24-30-50)42(3)4/h11-42H,1-10H3/i21D,22D,23D,24D,27D,28D,29D,30D,39D,40D. The topological polar surface area (TPSA) is 15.3 Å². The fourth-order valence-electron chi connectivity index (χ4n) is 11.0.